The van der Waals surface area contributed by atoms with Crippen molar-refractivity contribution in [2.24, 2.45) is 0 Å². The Hall–Kier alpha value is -1.30. The van der Waals surface area contributed by atoms with E-state index in [1.807, 2.05) is 12.3 Å². The van der Waals surface area contributed by atoms with Gasteiger partial charge >= 0.3 is 0 Å². The Morgan fingerprint density at radius 1 is 1.35 bits per heavy atom. The van der Waals surface area contributed by atoms with Gasteiger partial charge in [0.25, 0.3) is 0 Å². The van der Waals surface area contributed by atoms with Gasteiger partial charge in [0.1, 0.15) is 0 Å². The highest BCUT2D eigenvalue weighted by Crippen LogP contribution is 2.40. The van der Waals surface area contributed by atoms with Crippen molar-refractivity contribution in [3.63, 3.8) is 0 Å². The van der Waals surface area contributed by atoms with Crippen LogP contribution in [0.2, 0.25) is 5.02 Å². The Kier molecular flexibility index (Phi) is 4.86. The first-order valence-corrected chi connectivity index (χ1v) is 7.32. The van der Waals surface area contributed by atoms with E-state index in [-0.39, 0.29) is 0 Å². The topological polar surface area (TPSA) is 51.6 Å². The summed E-state index contributed by atoms with van der Waals surface area (Å²) in [4.78, 5) is 4.34. The first kappa shape index (κ1) is 15.1. The van der Waals surface area contributed by atoms with E-state index in [1.165, 1.54) is 18.4 Å². The summed E-state index contributed by atoms with van der Waals surface area (Å²) in [7, 11) is 3.06. The molecule has 1 N–H and O–H groups in total. The quantitative estimate of drug-likeness (QED) is 0.919. The number of ether oxygens (including phenoxy) is 2. The lowest BCUT2D eigenvalue weighted by Gasteiger charge is -2.16. The molecule has 0 saturated heterocycles. The van der Waals surface area contributed by atoms with Crippen molar-refractivity contribution in [3.05, 3.63) is 38.8 Å². The second-order valence-electron chi connectivity index (χ2n) is 4.31. The fourth-order valence-corrected chi connectivity index (χ4v) is 3.10. The number of nitrogens with zero attached hydrogens (tertiary/aromatic N) is 1. The molecule has 2 aromatic rings. The molecule has 0 amide bonds. The highest BCUT2D eigenvalue weighted by atomic mass is 35.5. The number of aryl methyl sites for hydroxylation is 1. The molecule has 4 nitrogen and oxygen atoms in total. The van der Waals surface area contributed by atoms with Crippen molar-refractivity contribution in [3.8, 4) is 11.5 Å². The molecule has 0 aliphatic carbocycles. The SMILES string of the molecule is COc1ccc(C(O)Cc2nc(C)cs2)c(Cl)c1OC. The van der Waals surface area contributed by atoms with Crippen molar-refractivity contribution < 1.29 is 14.6 Å². The van der Waals surface area contributed by atoms with Crippen LogP contribution in [0.1, 0.15) is 22.4 Å². The first-order valence-electron chi connectivity index (χ1n) is 6.06. The van der Waals surface area contributed by atoms with E-state index in [9.17, 15) is 5.11 Å². The van der Waals surface area contributed by atoms with Crippen LogP contribution in [0.15, 0.2) is 17.5 Å². The molecule has 108 valence electrons. The number of aliphatic hydroxyl groups excluding tert-OH is 1. The lowest BCUT2D eigenvalue weighted by molar-refractivity contribution is 0.178. The maximum Gasteiger partial charge on any atom is 0.179 e. The highest BCUT2D eigenvalue weighted by molar-refractivity contribution is 7.09. The summed E-state index contributed by atoms with van der Waals surface area (Å²) in [5, 5.41) is 13.5. The lowest BCUT2D eigenvalue weighted by atomic mass is 10.1. The normalized spacial score (nSPS) is 12.2. The molecule has 0 bridgehead atoms. The Balaban J connectivity index is 2.28. The Labute approximate surface area is 126 Å². The fourth-order valence-electron chi connectivity index (χ4n) is 1.93. The summed E-state index contributed by atoms with van der Waals surface area (Å²) in [6.45, 7) is 1.93. The van der Waals surface area contributed by atoms with E-state index in [0.717, 1.165) is 10.7 Å². The second-order valence-corrected chi connectivity index (χ2v) is 5.63. The lowest BCUT2D eigenvalue weighted by Crippen LogP contribution is -2.04. The number of hydrogen-bond acceptors (Lipinski definition) is 5. The molecule has 0 radical (unpaired) electrons. The molecule has 0 aliphatic heterocycles. The van der Waals surface area contributed by atoms with Crippen LogP contribution in [-0.4, -0.2) is 24.3 Å². The average Bonchev–Trinajstić information content (AvgIpc) is 2.83. The maximum atomic E-state index is 10.3. The van der Waals surface area contributed by atoms with Gasteiger partial charge in [-0.05, 0) is 13.0 Å². The van der Waals surface area contributed by atoms with Crippen LogP contribution in [0.3, 0.4) is 0 Å². The van der Waals surface area contributed by atoms with E-state index in [4.69, 9.17) is 21.1 Å². The third-order valence-electron chi connectivity index (χ3n) is 2.91. The van der Waals surface area contributed by atoms with E-state index < -0.39 is 6.10 Å². The highest BCUT2D eigenvalue weighted by Gasteiger charge is 2.19. The van der Waals surface area contributed by atoms with Crippen molar-refractivity contribution in [2.45, 2.75) is 19.4 Å². The zero-order chi connectivity index (χ0) is 14.7. The van der Waals surface area contributed by atoms with Crippen molar-refractivity contribution in [1.29, 1.82) is 0 Å². The third kappa shape index (κ3) is 3.06. The van der Waals surface area contributed by atoms with Gasteiger partial charge in [0.15, 0.2) is 11.5 Å². The molecule has 20 heavy (non-hydrogen) atoms. The molecule has 6 heteroatoms. The molecular weight excluding hydrogens is 298 g/mol. The van der Waals surface area contributed by atoms with Crippen LogP contribution in [0.4, 0.5) is 0 Å². The number of hydrogen-bond donors (Lipinski definition) is 1. The number of aromatic nitrogens is 1. The second kappa shape index (κ2) is 6.43. The molecule has 0 fully saturated rings. The van der Waals surface area contributed by atoms with Crippen LogP contribution in [0.25, 0.3) is 0 Å². The standard InChI is InChI=1S/C14H16ClNO3S/c1-8-7-20-12(16-8)6-10(17)9-4-5-11(18-2)14(19-3)13(9)15/h4-5,7,10,17H,6H2,1-3H3. The van der Waals surface area contributed by atoms with E-state index in [1.54, 1.807) is 19.2 Å². The van der Waals surface area contributed by atoms with Crippen LogP contribution in [0.5, 0.6) is 11.5 Å². The fraction of sp³-hybridized carbons (Fsp3) is 0.357. The Morgan fingerprint density at radius 3 is 2.65 bits per heavy atom. The summed E-state index contributed by atoms with van der Waals surface area (Å²) in [6, 6.07) is 3.48. The number of rotatable bonds is 5. The van der Waals surface area contributed by atoms with Gasteiger partial charge in [-0.2, -0.15) is 0 Å². The van der Waals surface area contributed by atoms with Gasteiger partial charge in [-0.25, -0.2) is 4.98 Å². The monoisotopic (exact) mass is 313 g/mol. The number of methoxy groups -OCH3 is 2. The van der Waals surface area contributed by atoms with Crippen LogP contribution in [0, 0.1) is 6.92 Å². The minimum atomic E-state index is -0.729. The summed E-state index contributed by atoms with van der Waals surface area (Å²) in [5.74, 6) is 0.972. The van der Waals surface area contributed by atoms with Crippen LogP contribution >= 0.6 is 22.9 Å². The molecule has 1 unspecified atom stereocenters. The number of aliphatic hydroxyl groups is 1. The molecule has 1 heterocycles. The van der Waals surface area contributed by atoms with Crippen molar-refractivity contribution >= 4 is 22.9 Å². The largest absolute Gasteiger partial charge is 0.493 e. The van der Waals surface area contributed by atoms with Gasteiger partial charge in [-0.1, -0.05) is 17.7 Å². The minimum Gasteiger partial charge on any atom is -0.493 e. The molecule has 0 spiro atoms. The van der Waals surface area contributed by atoms with E-state index in [2.05, 4.69) is 4.98 Å². The van der Waals surface area contributed by atoms with E-state index in [0.29, 0.717) is 28.5 Å². The molecule has 1 aromatic carbocycles. The predicted molar refractivity (Wildman–Crippen MR) is 80.1 cm³/mol. The van der Waals surface area contributed by atoms with Gasteiger partial charge in [0, 0.05) is 23.1 Å². The summed E-state index contributed by atoms with van der Waals surface area (Å²) >= 11 is 7.80. The zero-order valence-corrected chi connectivity index (χ0v) is 13.1. The average molecular weight is 314 g/mol. The molecule has 1 aromatic heterocycles. The summed E-state index contributed by atoms with van der Waals surface area (Å²) in [5.41, 5.74) is 1.56. The Morgan fingerprint density at radius 2 is 2.10 bits per heavy atom. The van der Waals surface area contributed by atoms with Gasteiger partial charge in [0.05, 0.1) is 30.4 Å². The molecule has 1 atom stereocenters. The van der Waals surface area contributed by atoms with Gasteiger partial charge in [-0.3, -0.25) is 0 Å². The summed E-state index contributed by atoms with van der Waals surface area (Å²) < 4.78 is 10.4. The van der Waals surface area contributed by atoms with Crippen LogP contribution in [-0.2, 0) is 6.42 Å². The molecule has 0 saturated carbocycles. The van der Waals surface area contributed by atoms with Gasteiger partial charge in [0.2, 0.25) is 0 Å². The van der Waals surface area contributed by atoms with Gasteiger partial charge in [-0.15, -0.1) is 11.3 Å². The Bertz CT molecular complexity index is 600. The predicted octanol–water partition coefficient (Wildman–Crippen LogP) is 3.40. The van der Waals surface area contributed by atoms with Gasteiger partial charge < -0.3 is 14.6 Å². The van der Waals surface area contributed by atoms with Crippen molar-refractivity contribution in [1.82, 2.24) is 4.98 Å². The summed E-state index contributed by atoms with van der Waals surface area (Å²) in [6.07, 6.45) is -0.305. The number of thiazole rings is 1. The zero-order valence-electron chi connectivity index (χ0n) is 11.5. The van der Waals surface area contributed by atoms with Crippen LogP contribution < -0.4 is 9.47 Å². The van der Waals surface area contributed by atoms with E-state index >= 15 is 0 Å². The number of halogens is 1. The number of benzene rings is 1. The molecule has 0 aliphatic rings. The smallest absolute Gasteiger partial charge is 0.179 e. The first-order chi connectivity index (χ1) is 9.56. The molecular formula is C14H16ClNO3S. The van der Waals surface area contributed by atoms with Crippen molar-refractivity contribution in [2.75, 3.05) is 14.2 Å². The third-order valence-corrected chi connectivity index (χ3v) is 4.29. The minimum absolute atomic E-state index is 0.368. The maximum absolute atomic E-state index is 10.3. The molecule has 2 rings (SSSR count).